The van der Waals surface area contributed by atoms with E-state index < -0.39 is 69.7 Å². The van der Waals surface area contributed by atoms with Gasteiger partial charge in [0.25, 0.3) is 0 Å². The van der Waals surface area contributed by atoms with E-state index >= 15 is 0 Å². The second-order valence-corrected chi connectivity index (χ2v) is 14.1. The highest BCUT2D eigenvalue weighted by Crippen LogP contribution is 2.49. The van der Waals surface area contributed by atoms with Gasteiger partial charge in [-0.3, -0.25) is 0 Å². The van der Waals surface area contributed by atoms with Crippen molar-refractivity contribution < 1.29 is 73.1 Å². The van der Waals surface area contributed by atoms with Crippen LogP contribution < -0.4 is 18.9 Å². The van der Waals surface area contributed by atoms with Crippen molar-refractivity contribution in [2.24, 2.45) is 10.8 Å². The Kier molecular flexibility index (Phi) is 12.5. The molecule has 0 aliphatic carbocycles. The Labute approximate surface area is 305 Å². The number of esters is 2. The molecule has 3 aromatic rings. The summed E-state index contributed by atoms with van der Waals surface area (Å²) in [5.41, 5.74) is -6.62. The molecule has 2 aliphatic rings. The maximum atomic E-state index is 14.9. The SMILES string of the molecule is CC1(CCCCOc2ccc(C(=O)Oc3ccc(OC(=O)c4ccc(OCCCCC5(C)COC5)cc4F)c(C(F)(F)F)c3C(F)(F)F)c(F)c2)COC1. The molecule has 0 aromatic heterocycles. The average molecular weight is 775 g/mol. The van der Waals surface area contributed by atoms with E-state index in [4.69, 9.17) is 18.9 Å². The van der Waals surface area contributed by atoms with E-state index in [2.05, 4.69) is 23.3 Å². The Morgan fingerprint density at radius 3 is 1.28 bits per heavy atom. The largest absolute Gasteiger partial charge is 0.493 e. The van der Waals surface area contributed by atoms with Crippen LogP contribution in [0.25, 0.3) is 0 Å². The van der Waals surface area contributed by atoms with E-state index in [0.29, 0.717) is 51.4 Å². The van der Waals surface area contributed by atoms with Gasteiger partial charge in [0.1, 0.15) is 45.8 Å². The van der Waals surface area contributed by atoms with Crippen LogP contribution in [0.3, 0.4) is 0 Å². The molecule has 0 unspecified atom stereocenters. The maximum Gasteiger partial charge on any atom is 0.420 e. The zero-order valence-electron chi connectivity index (χ0n) is 29.4. The van der Waals surface area contributed by atoms with E-state index in [0.717, 1.165) is 62.1 Å². The highest BCUT2D eigenvalue weighted by molar-refractivity contribution is 5.93. The normalized spacial score (nSPS) is 16.2. The summed E-state index contributed by atoms with van der Waals surface area (Å²) in [6.45, 7) is 7.25. The van der Waals surface area contributed by atoms with Crippen LogP contribution in [-0.2, 0) is 21.8 Å². The molecule has 16 heteroatoms. The van der Waals surface area contributed by atoms with Crippen molar-refractivity contribution >= 4 is 11.9 Å². The number of carbonyl (C=O) groups is 2. The molecule has 2 heterocycles. The summed E-state index contributed by atoms with van der Waals surface area (Å²) in [5, 5.41) is 0. The zero-order valence-corrected chi connectivity index (χ0v) is 29.4. The predicted molar refractivity (Wildman–Crippen MR) is 176 cm³/mol. The highest BCUT2D eigenvalue weighted by atomic mass is 19.4. The van der Waals surface area contributed by atoms with E-state index in [1.165, 1.54) is 0 Å². The molecular weight excluding hydrogens is 736 g/mol. The smallest absolute Gasteiger partial charge is 0.420 e. The van der Waals surface area contributed by atoms with Crippen LogP contribution in [0.1, 0.15) is 84.2 Å². The van der Waals surface area contributed by atoms with Gasteiger partial charge in [-0.05, 0) is 74.9 Å². The molecule has 2 fully saturated rings. The van der Waals surface area contributed by atoms with Gasteiger partial charge in [-0.15, -0.1) is 0 Å². The fraction of sp³-hybridized carbons (Fsp3) is 0.474. The molecule has 3 aromatic carbocycles. The Hall–Kier alpha value is -4.44. The molecule has 0 radical (unpaired) electrons. The molecule has 0 bridgehead atoms. The molecule has 5 rings (SSSR count). The number of hydrogen-bond acceptors (Lipinski definition) is 8. The quantitative estimate of drug-likeness (QED) is 0.0616. The summed E-state index contributed by atoms with van der Waals surface area (Å²) in [6.07, 6.45) is -7.01. The van der Waals surface area contributed by atoms with Crippen molar-refractivity contribution in [2.75, 3.05) is 39.6 Å². The summed E-state index contributed by atoms with van der Waals surface area (Å²) >= 11 is 0. The van der Waals surface area contributed by atoms with E-state index in [1.807, 2.05) is 0 Å². The summed E-state index contributed by atoms with van der Waals surface area (Å²) in [7, 11) is 0. The third kappa shape index (κ3) is 10.2. The van der Waals surface area contributed by atoms with Gasteiger partial charge >= 0.3 is 24.3 Å². The van der Waals surface area contributed by atoms with Gasteiger partial charge < -0.3 is 28.4 Å². The Bertz CT molecular complexity index is 1690. The van der Waals surface area contributed by atoms with Crippen LogP contribution in [0.4, 0.5) is 35.1 Å². The maximum absolute atomic E-state index is 14.9. The van der Waals surface area contributed by atoms with Crippen molar-refractivity contribution in [3.05, 3.63) is 82.4 Å². The van der Waals surface area contributed by atoms with Crippen molar-refractivity contribution in [3.63, 3.8) is 0 Å². The lowest BCUT2D eigenvalue weighted by atomic mass is 9.83. The van der Waals surface area contributed by atoms with Gasteiger partial charge in [-0.1, -0.05) is 13.8 Å². The first-order chi connectivity index (χ1) is 25.4. The summed E-state index contributed by atoms with van der Waals surface area (Å²) in [4.78, 5) is 25.6. The molecule has 0 spiro atoms. The lowest BCUT2D eigenvalue weighted by Gasteiger charge is -2.38. The first kappa shape index (κ1) is 40.7. The number of unbranched alkanes of at least 4 members (excludes halogenated alkanes) is 2. The zero-order chi connectivity index (χ0) is 39.3. The van der Waals surface area contributed by atoms with Gasteiger partial charge in [0.2, 0.25) is 0 Å². The van der Waals surface area contributed by atoms with Gasteiger partial charge in [0.15, 0.2) is 0 Å². The number of rotatable bonds is 16. The van der Waals surface area contributed by atoms with Gasteiger partial charge in [-0.25, -0.2) is 18.4 Å². The van der Waals surface area contributed by atoms with Gasteiger partial charge in [0.05, 0.1) is 50.8 Å². The lowest BCUT2D eigenvalue weighted by molar-refractivity contribution is -0.163. The number of carbonyl (C=O) groups excluding carboxylic acids is 2. The summed E-state index contributed by atoms with van der Waals surface area (Å²) < 4.78 is 146. The topological polar surface area (TPSA) is 89.5 Å². The Morgan fingerprint density at radius 2 is 0.981 bits per heavy atom. The second-order valence-electron chi connectivity index (χ2n) is 14.1. The lowest BCUT2D eigenvalue weighted by Crippen LogP contribution is -2.39. The first-order valence-corrected chi connectivity index (χ1v) is 17.1. The molecule has 8 nitrogen and oxygen atoms in total. The minimum Gasteiger partial charge on any atom is -0.493 e. The van der Waals surface area contributed by atoms with E-state index in [-0.39, 0.29) is 35.5 Å². The number of alkyl halides is 6. The molecule has 0 saturated carbocycles. The number of halogens is 8. The molecule has 2 aliphatic heterocycles. The minimum absolute atomic E-state index is 0.00237. The first-order valence-electron chi connectivity index (χ1n) is 17.1. The van der Waals surface area contributed by atoms with Gasteiger partial charge in [-0.2, -0.15) is 26.3 Å². The van der Waals surface area contributed by atoms with Crippen LogP contribution in [0.5, 0.6) is 23.0 Å². The summed E-state index contributed by atoms with van der Waals surface area (Å²) in [6, 6.07) is 6.19. The molecule has 0 amide bonds. The molecule has 0 N–H and O–H groups in total. The molecular formula is C38H38F8O8. The van der Waals surface area contributed by atoms with Crippen molar-refractivity contribution in [1.29, 1.82) is 0 Å². The average Bonchev–Trinajstić information content (AvgIpc) is 3.05. The molecule has 54 heavy (non-hydrogen) atoms. The van der Waals surface area contributed by atoms with Crippen molar-refractivity contribution in [1.82, 2.24) is 0 Å². The fourth-order valence-corrected chi connectivity index (χ4v) is 5.99. The summed E-state index contributed by atoms with van der Waals surface area (Å²) in [5.74, 6) is -9.31. The third-order valence-corrected chi connectivity index (χ3v) is 9.11. The third-order valence-electron chi connectivity index (χ3n) is 9.11. The Morgan fingerprint density at radius 1 is 0.611 bits per heavy atom. The van der Waals surface area contributed by atoms with Crippen LogP contribution in [0.15, 0.2) is 48.5 Å². The van der Waals surface area contributed by atoms with Crippen LogP contribution in [-0.4, -0.2) is 51.6 Å². The molecule has 0 atom stereocenters. The monoisotopic (exact) mass is 774 g/mol. The molecule has 294 valence electrons. The standard InChI is InChI=1S/C38H38F8O8/c1-35(19-49-20-35)13-3-5-15-51-23-7-9-25(27(39)17-23)33(47)53-29-11-12-30(32(38(44,45)46)31(29)37(41,42)43)54-34(48)26-10-8-24(18-28(26)40)52-16-6-4-14-36(2)21-50-22-36/h7-12,17-18H,3-6,13-16,19-22H2,1-2H3. The van der Waals surface area contributed by atoms with Crippen LogP contribution in [0, 0.1) is 22.5 Å². The minimum atomic E-state index is -5.84. The van der Waals surface area contributed by atoms with Crippen LogP contribution >= 0.6 is 0 Å². The van der Waals surface area contributed by atoms with Crippen molar-refractivity contribution in [2.45, 2.75) is 64.7 Å². The number of hydrogen-bond donors (Lipinski definition) is 0. The van der Waals surface area contributed by atoms with E-state index in [1.54, 1.807) is 0 Å². The Balaban J connectivity index is 1.26. The number of benzene rings is 3. The second kappa shape index (κ2) is 16.5. The van der Waals surface area contributed by atoms with Crippen molar-refractivity contribution in [3.8, 4) is 23.0 Å². The highest BCUT2D eigenvalue weighted by Gasteiger charge is 2.49. The fourth-order valence-electron chi connectivity index (χ4n) is 5.99. The number of ether oxygens (including phenoxy) is 6. The van der Waals surface area contributed by atoms with Gasteiger partial charge in [0, 0.05) is 23.0 Å². The van der Waals surface area contributed by atoms with Crippen LogP contribution in [0.2, 0.25) is 0 Å². The van der Waals surface area contributed by atoms with E-state index in [9.17, 15) is 44.7 Å². The predicted octanol–water partition coefficient (Wildman–Crippen LogP) is 9.61. The molecule has 2 saturated heterocycles.